The Kier molecular flexibility index (Phi) is 2.82. The monoisotopic (exact) mass is 278 g/mol. The van der Waals surface area contributed by atoms with Crippen LogP contribution >= 0.6 is 0 Å². The zero-order valence-electron chi connectivity index (χ0n) is 11.4. The van der Waals surface area contributed by atoms with Crippen LogP contribution in [0.2, 0.25) is 0 Å². The van der Waals surface area contributed by atoms with Crippen molar-refractivity contribution in [2.45, 2.75) is 12.6 Å². The molecule has 1 aliphatic heterocycles. The zero-order valence-corrected chi connectivity index (χ0v) is 11.4. The molecular weight excluding hydrogens is 264 g/mol. The highest BCUT2D eigenvalue weighted by atomic mass is 16.6. The number of epoxide rings is 1. The second-order valence-corrected chi connectivity index (χ2v) is 5.20. The van der Waals surface area contributed by atoms with Crippen molar-refractivity contribution in [1.29, 1.82) is 0 Å². The minimum Gasteiger partial charge on any atom is -0.371 e. The van der Waals surface area contributed by atoms with Crippen molar-refractivity contribution in [3.63, 3.8) is 0 Å². The fourth-order valence-electron chi connectivity index (χ4n) is 2.53. The first kappa shape index (κ1) is 12.3. The molecule has 1 saturated heterocycles. The fraction of sp³-hybridized carbons (Fsp3) is 0.176. The van der Waals surface area contributed by atoms with Crippen LogP contribution in [-0.4, -0.2) is 22.5 Å². The van der Waals surface area contributed by atoms with Gasteiger partial charge in [-0.2, -0.15) is 5.10 Å². The summed E-state index contributed by atoms with van der Waals surface area (Å²) in [5, 5.41) is 6.17. The van der Waals surface area contributed by atoms with Crippen LogP contribution in [0.25, 0.3) is 22.0 Å². The minimum atomic E-state index is -0.0548. The summed E-state index contributed by atoms with van der Waals surface area (Å²) in [5.74, 6) is 0. The molecule has 0 N–H and O–H groups in total. The van der Waals surface area contributed by atoms with E-state index in [1.807, 2.05) is 54.6 Å². The molecule has 0 bridgehead atoms. The maximum Gasteiger partial charge on any atom is 0.274 e. The van der Waals surface area contributed by atoms with E-state index in [-0.39, 0.29) is 11.7 Å². The lowest BCUT2D eigenvalue weighted by molar-refractivity contribution is 0.369. The van der Waals surface area contributed by atoms with Gasteiger partial charge in [-0.05, 0) is 6.07 Å². The molecule has 0 amide bonds. The Morgan fingerprint density at radius 3 is 2.43 bits per heavy atom. The van der Waals surface area contributed by atoms with Gasteiger partial charge in [0.1, 0.15) is 6.10 Å². The average Bonchev–Trinajstić information content (AvgIpc) is 3.35. The van der Waals surface area contributed by atoms with Gasteiger partial charge in [0.05, 0.1) is 24.2 Å². The van der Waals surface area contributed by atoms with E-state index < -0.39 is 0 Å². The molecule has 3 aromatic rings. The van der Waals surface area contributed by atoms with Crippen LogP contribution in [-0.2, 0) is 11.3 Å². The van der Waals surface area contributed by atoms with Gasteiger partial charge in [-0.3, -0.25) is 4.79 Å². The third-order valence-corrected chi connectivity index (χ3v) is 3.69. The quantitative estimate of drug-likeness (QED) is 0.691. The predicted molar refractivity (Wildman–Crippen MR) is 81.2 cm³/mol. The summed E-state index contributed by atoms with van der Waals surface area (Å²) in [4.78, 5) is 12.5. The maximum atomic E-state index is 12.5. The van der Waals surface area contributed by atoms with Crippen molar-refractivity contribution in [3.05, 3.63) is 65.0 Å². The number of hydrogen-bond donors (Lipinski definition) is 0. The molecule has 21 heavy (non-hydrogen) atoms. The predicted octanol–water partition coefficient (Wildman–Crippen LogP) is 2.46. The van der Waals surface area contributed by atoms with E-state index in [1.165, 1.54) is 4.68 Å². The largest absolute Gasteiger partial charge is 0.371 e. The molecule has 4 heteroatoms. The fourth-order valence-corrected chi connectivity index (χ4v) is 2.53. The maximum absolute atomic E-state index is 12.5. The average molecular weight is 278 g/mol. The molecule has 0 saturated carbocycles. The second-order valence-electron chi connectivity index (χ2n) is 5.20. The molecule has 1 aromatic heterocycles. The summed E-state index contributed by atoms with van der Waals surface area (Å²) < 4.78 is 6.76. The number of hydrogen-bond acceptors (Lipinski definition) is 3. The van der Waals surface area contributed by atoms with Crippen LogP contribution in [0, 0.1) is 0 Å². The summed E-state index contributed by atoms with van der Waals surface area (Å²) in [5.41, 5.74) is 1.80. The van der Waals surface area contributed by atoms with Gasteiger partial charge in [0.15, 0.2) is 0 Å². The highest BCUT2D eigenvalue weighted by Crippen LogP contribution is 2.24. The van der Waals surface area contributed by atoms with Crippen molar-refractivity contribution >= 4 is 10.8 Å². The van der Waals surface area contributed by atoms with Crippen molar-refractivity contribution in [2.75, 3.05) is 6.61 Å². The summed E-state index contributed by atoms with van der Waals surface area (Å²) in [7, 11) is 0. The number of fused-ring (bicyclic) bond motifs is 1. The van der Waals surface area contributed by atoms with Gasteiger partial charge in [0.25, 0.3) is 5.56 Å². The molecule has 1 aliphatic rings. The molecule has 1 atom stereocenters. The Balaban J connectivity index is 1.99. The molecule has 1 unspecified atom stereocenters. The SMILES string of the molecule is O=c1c2ccccc2c(-c2ccccc2)nn1CC1CO1. The summed E-state index contributed by atoms with van der Waals surface area (Å²) in [6, 6.07) is 17.6. The number of rotatable bonds is 3. The Labute approximate surface area is 121 Å². The second kappa shape index (κ2) is 4.82. The van der Waals surface area contributed by atoms with Crippen LogP contribution in [0.4, 0.5) is 0 Å². The van der Waals surface area contributed by atoms with Crippen LogP contribution in [0.3, 0.4) is 0 Å². The first-order valence-electron chi connectivity index (χ1n) is 7.00. The van der Waals surface area contributed by atoms with Gasteiger partial charge in [0.2, 0.25) is 0 Å². The minimum absolute atomic E-state index is 0.0548. The normalized spacial score (nSPS) is 17.0. The highest BCUT2D eigenvalue weighted by molar-refractivity contribution is 5.93. The number of ether oxygens (including phenoxy) is 1. The van der Waals surface area contributed by atoms with E-state index in [9.17, 15) is 4.79 Å². The van der Waals surface area contributed by atoms with Crippen LogP contribution in [0.15, 0.2) is 59.4 Å². The van der Waals surface area contributed by atoms with Gasteiger partial charge >= 0.3 is 0 Å². The standard InChI is InChI=1S/C17H14N2O2/c20-17-15-9-5-4-8-14(15)16(12-6-2-1-3-7-12)18-19(17)10-13-11-21-13/h1-9,13H,10-11H2. The van der Waals surface area contributed by atoms with E-state index >= 15 is 0 Å². The van der Waals surface area contributed by atoms with Gasteiger partial charge in [0, 0.05) is 10.9 Å². The molecule has 2 heterocycles. The summed E-state index contributed by atoms with van der Waals surface area (Å²) in [6.07, 6.45) is 0.125. The molecule has 0 radical (unpaired) electrons. The van der Waals surface area contributed by atoms with Crippen LogP contribution in [0.1, 0.15) is 0 Å². The molecule has 104 valence electrons. The van der Waals surface area contributed by atoms with E-state index in [0.29, 0.717) is 18.5 Å². The van der Waals surface area contributed by atoms with Gasteiger partial charge in [-0.15, -0.1) is 0 Å². The van der Waals surface area contributed by atoms with Crippen molar-refractivity contribution < 1.29 is 4.74 Å². The Morgan fingerprint density at radius 2 is 1.71 bits per heavy atom. The lowest BCUT2D eigenvalue weighted by atomic mass is 10.1. The molecule has 4 nitrogen and oxygen atoms in total. The van der Waals surface area contributed by atoms with Crippen molar-refractivity contribution in [1.82, 2.24) is 9.78 Å². The smallest absolute Gasteiger partial charge is 0.274 e. The molecule has 2 aromatic carbocycles. The van der Waals surface area contributed by atoms with Crippen LogP contribution < -0.4 is 5.56 Å². The van der Waals surface area contributed by atoms with E-state index in [0.717, 1.165) is 16.6 Å². The van der Waals surface area contributed by atoms with E-state index in [1.54, 1.807) is 0 Å². The molecule has 1 fully saturated rings. The summed E-state index contributed by atoms with van der Waals surface area (Å²) in [6.45, 7) is 1.23. The number of benzene rings is 2. The van der Waals surface area contributed by atoms with Crippen LogP contribution in [0.5, 0.6) is 0 Å². The molecule has 4 rings (SSSR count). The molecular formula is C17H14N2O2. The first-order valence-corrected chi connectivity index (χ1v) is 7.00. The Bertz CT molecular complexity index is 852. The highest BCUT2D eigenvalue weighted by Gasteiger charge is 2.24. The molecule has 0 aliphatic carbocycles. The number of nitrogens with zero attached hydrogens (tertiary/aromatic N) is 2. The van der Waals surface area contributed by atoms with Crippen molar-refractivity contribution in [3.8, 4) is 11.3 Å². The van der Waals surface area contributed by atoms with E-state index in [4.69, 9.17) is 4.74 Å². The van der Waals surface area contributed by atoms with Gasteiger partial charge in [-0.25, -0.2) is 4.68 Å². The summed E-state index contributed by atoms with van der Waals surface area (Å²) >= 11 is 0. The Morgan fingerprint density at radius 1 is 1.05 bits per heavy atom. The Hall–Kier alpha value is -2.46. The zero-order chi connectivity index (χ0) is 14.2. The number of aromatic nitrogens is 2. The lowest BCUT2D eigenvalue weighted by Crippen LogP contribution is -2.26. The van der Waals surface area contributed by atoms with Gasteiger partial charge < -0.3 is 4.74 Å². The van der Waals surface area contributed by atoms with Gasteiger partial charge in [-0.1, -0.05) is 48.5 Å². The topological polar surface area (TPSA) is 47.4 Å². The third-order valence-electron chi connectivity index (χ3n) is 3.69. The lowest BCUT2D eigenvalue weighted by Gasteiger charge is -2.10. The third kappa shape index (κ3) is 2.23. The van der Waals surface area contributed by atoms with E-state index in [2.05, 4.69) is 5.10 Å². The first-order chi connectivity index (χ1) is 10.3. The molecule has 0 spiro atoms. The van der Waals surface area contributed by atoms with Crippen molar-refractivity contribution in [2.24, 2.45) is 0 Å².